The average molecular weight is 312 g/mol. The molecular formula is C15H18ClNO4. The third-order valence-corrected chi connectivity index (χ3v) is 4.39. The van der Waals surface area contributed by atoms with E-state index in [-0.39, 0.29) is 5.91 Å². The van der Waals surface area contributed by atoms with Crippen molar-refractivity contribution in [2.45, 2.75) is 32.2 Å². The van der Waals surface area contributed by atoms with Crippen LogP contribution in [0.2, 0.25) is 5.02 Å². The van der Waals surface area contributed by atoms with Gasteiger partial charge in [0.25, 0.3) is 5.91 Å². The van der Waals surface area contributed by atoms with Gasteiger partial charge in [0.05, 0.1) is 18.1 Å². The summed E-state index contributed by atoms with van der Waals surface area (Å²) in [4.78, 5) is 23.8. The van der Waals surface area contributed by atoms with Crippen LogP contribution in [0.25, 0.3) is 0 Å². The maximum absolute atomic E-state index is 12.4. The van der Waals surface area contributed by atoms with Gasteiger partial charge in [0, 0.05) is 11.1 Å². The van der Waals surface area contributed by atoms with Gasteiger partial charge in [-0.25, -0.2) is 0 Å². The normalized spacial score (nSPS) is 24.6. The van der Waals surface area contributed by atoms with Crippen LogP contribution in [-0.2, 0) is 4.79 Å². The van der Waals surface area contributed by atoms with Crippen LogP contribution in [0.1, 0.15) is 36.5 Å². The summed E-state index contributed by atoms with van der Waals surface area (Å²) in [6.45, 7) is 1.67. The molecule has 5 nitrogen and oxygen atoms in total. The minimum absolute atomic E-state index is 0.310. The van der Waals surface area contributed by atoms with Crippen LogP contribution in [0.4, 0.5) is 0 Å². The third kappa shape index (κ3) is 2.97. The van der Waals surface area contributed by atoms with E-state index >= 15 is 0 Å². The van der Waals surface area contributed by atoms with Gasteiger partial charge >= 0.3 is 5.97 Å². The lowest BCUT2D eigenvalue weighted by Crippen LogP contribution is -2.47. The second-order valence-electron chi connectivity index (χ2n) is 5.49. The van der Waals surface area contributed by atoms with Gasteiger partial charge in [0.2, 0.25) is 0 Å². The Morgan fingerprint density at radius 2 is 2.19 bits per heavy atom. The number of nitrogens with one attached hydrogen (secondary N) is 1. The number of hydrogen-bond donors (Lipinski definition) is 2. The summed E-state index contributed by atoms with van der Waals surface area (Å²) in [7, 11) is 1.47. The highest BCUT2D eigenvalue weighted by molar-refractivity contribution is 6.31. The van der Waals surface area contributed by atoms with Crippen LogP contribution in [0, 0.1) is 5.41 Å². The Hall–Kier alpha value is -1.75. The fourth-order valence-electron chi connectivity index (χ4n) is 2.75. The van der Waals surface area contributed by atoms with Gasteiger partial charge in [0.15, 0.2) is 0 Å². The van der Waals surface area contributed by atoms with Crippen molar-refractivity contribution in [3.05, 3.63) is 28.8 Å². The van der Waals surface area contributed by atoms with E-state index in [0.717, 1.165) is 6.42 Å². The summed E-state index contributed by atoms with van der Waals surface area (Å²) in [5.41, 5.74) is -0.619. The number of halogens is 1. The predicted molar refractivity (Wildman–Crippen MR) is 78.9 cm³/mol. The number of carboxylic acids is 1. The molecule has 21 heavy (non-hydrogen) atoms. The van der Waals surface area contributed by atoms with Crippen LogP contribution in [0.3, 0.4) is 0 Å². The smallest absolute Gasteiger partial charge is 0.311 e. The number of carbonyl (C=O) groups excluding carboxylic acids is 1. The van der Waals surface area contributed by atoms with Crippen molar-refractivity contribution in [1.29, 1.82) is 0 Å². The molecule has 0 saturated heterocycles. The van der Waals surface area contributed by atoms with Crippen molar-refractivity contribution in [2.24, 2.45) is 5.41 Å². The SMILES string of the molecule is COc1ccc(Cl)cc1C(=O)NC1CCCC1(C)C(=O)O. The Labute approximate surface area is 128 Å². The maximum atomic E-state index is 12.4. The molecule has 1 saturated carbocycles. The molecule has 2 atom stereocenters. The monoisotopic (exact) mass is 311 g/mol. The Balaban J connectivity index is 2.22. The summed E-state index contributed by atoms with van der Waals surface area (Å²) in [5.74, 6) is -0.844. The van der Waals surface area contributed by atoms with Gasteiger partial charge in [-0.3, -0.25) is 9.59 Å². The standard InChI is InChI=1S/C15H18ClNO4/c1-15(14(19)20)7-3-4-12(15)17-13(18)10-8-9(16)5-6-11(10)21-2/h5-6,8,12H,3-4,7H2,1-2H3,(H,17,18)(H,19,20). The number of benzene rings is 1. The highest BCUT2D eigenvalue weighted by atomic mass is 35.5. The highest BCUT2D eigenvalue weighted by Crippen LogP contribution is 2.38. The first-order chi connectivity index (χ1) is 9.88. The van der Waals surface area contributed by atoms with Crippen LogP contribution < -0.4 is 10.1 Å². The number of hydrogen-bond acceptors (Lipinski definition) is 3. The average Bonchev–Trinajstić information content (AvgIpc) is 2.81. The molecule has 0 aromatic heterocycles. The predicted octanol–water partition coefficient (Wildman–Crippen LogP) is 2.72. The van der Waals surface area contributed by atoms with Crippen LogP contribution >= 0.6 is 11.6 Å². The first kappa shape index (κ1) is 15.6. The molecule has 2 N–H and O–H groups in total. The molecule has 6 heteroatoms. The van der Waals surface area contributed by atoms with Gasteiger partial charge in [-0.2, -0.15) is 0 Å². The second kappa shape index (κ2) is 5.93. The van der Waals surface area contributed by atoms with E-state index in [0.29, 0.717) is 29.2 Å². The first-order valence-corrected chi connectivity index (χ1v) is 7.14. The Morgan fingerprint density at radius 1 is 1.48 bits per heavy atom. The second-order valence-corrected chi connectivity index (χ2v) is 5.92. The highest BCUT2D eigenvalue weighted by Gasteiger charge is 2.46. The third-order valence-electron chi connectivity index (χ3n) is 4.16. The zero-order chi connectivity index (χ0) is 15.6. The molecule has 0 bridgehead atoms. The number of carbonyl (C=O) groups is 2. The summed E-state index contributed by atoms with van der Waals surface area (Å²) < 4.78 is 5.15. The minimum Gasteiger partial charge on any atom is -0.496 e. The van der Waals surface area contributed by atoms with Gasteiger partial charge in [-0.15, -0.1) is 0 Å². The maximum Gasteiger partial charge on any atom is 0.311 e. The number of carboxylic acid groups (broad SMARTS) is 1. The van der Waals surface area contributed by atoms with Crippen molar-refractivity contribution in [1.82, 2.24) is 5.32 Å². The van der Waals surface area contributed by atoms with Crippen molar-refractivity contribution in [3.63, 3.8) is 0 Å². The molecule has 1 aromatic carbocycles. The van der Waals surface area contributed by atoms with Crippen LogP contribution in [-0.4, -0.2) is 30.1 Å². The summed E-state index contributed by atoms with van der Waals surface area (Å²) in [6, 6.07) is 4.37. The van der Waals surface area contributed by atoms with Crippen molar-refractivity contribution < 1.29 is 19.4 Å². The van der Waals surface area contributed by atoms with Gasteiger partial charge in [-0.05, 0) is 38.0 Å². The van der Waals surface area contributed by atoms with E-state index in [1.165, 1.54) is 13.2 Å². The van der Waals surface area contributed by atoms with Gasteiger partial charge < -0.3 is 15.2 Å². The summed E-state index contributed by atoms with van der Waals surface area (Å²) in [6.07, 6.45) is 1.98. The quantitative estimate of drug-likeness (QED) is 0.896. The molecule has 0 aliphatic heterocycles. The molecule has 0 spiro atoms. The van der Waals surface area contributed by atoms with Gasteiger partial charge in [-0.1, -0.05) is 18.0 Å². The lowest BCUT2D eigenvalue weighted by atomic mass is 9.85. The largest absolute Gasteiger partial charge is 0.496 e. The number of methoxy groups -OCH3 is 1. The Morgan fingerprint density at radius 3 is 2.81 bits per heavy atom. The molecule has 0 heterocycles. The zero-order valence-corrected chi connectivity index (χ0v) is 12.7. The number of rotatable bonds is 4. The molecule has 114 valence electrons. The lowest BCUT2D eigenvalue weighted by Gasteiger charge is -2.27. The van der Waals surface area contributed by atoms with E-state index in [4.69, 9.17) is 16.3 Å². The molecule has 2 rings (SSSR count). The van der Waals surface area contributed by atoms with Crippen molar-refractivity contribution in [2.75, 3.05) is 7.11 Å². The fourth-order valence-corrected chi connectivity index (χ4v) is 2.92. The number of ether oxygens (including phenoxy) is 1. The molecule has 1 aliphatic rings. The fraction of sp³-hybridized carbons (Fsp3) is 0.467. The minimum atomic E-state index is -0.929. The van der Waals surface area contributed by atoms with E-state index in [9.17, 15) is 14.7 Å². The summed E-state index contributed by atoms with van der Waals surface area (Å²) >= 11 is 5.91. The topological polar surface area (TPSA) is 75.6 Å². The molecule has 1 fully saturated rings. The number of amides is 1. The molecule has 1 amide bonds. The molecular weight excluding hydrogens is 294 g/mol. The Kier molecular flexibility index (Phi) is 4.42. The van der Waals surface area contributed by atoms with E-state index in [1.807, 2.05) is 0 Å². The molecule has 1 aliphatic carbocycles. The van der Waals surface area contributed by atoms with E-state index < -0.39 is 17.4 Å². The summed E-state index contributed by atoms with van der Waals surface area (Å²) in [5, 5.41) is 12.6. The molecule has 1 aromatic rings. The van der Waals surface area contributed by atoms with Crippen molar-refractivity contribution in [3.8, 4) is 5.75 Å². The zero-order valence-electron chi connectivity index (χ0n) is 12.0. The molecule has 0 radical (unpaired) electrons. The first-order valence-electron chi connectivity index (χ1n) is 6.76. The van der Waals surface area contributed by atoms with E-state index in [2.05, 4.69) is 5.32 Å². The van der Waals surface area contributed by atoms with Crippen LogP contribution in [0.15, 0.2) is 18.2 Å². The Bertz CT molecular complexity index is 575. The lowest BCUT2D eigenvalue weighted by molar-refractivity contribution is -0.148. The van der Waals surface area contributed by atoms with Gasteiger partial charge in [0.1, 0.15) is 5.75 Å². The van der Waals surface area contributed by atoms with E-state index in [1.54, 1.807) is 19.1 Å². The van der Waals surface area contributed by atoms with Crippen molar-refractivity contribution >= 4 is 23.5 Å². The van der Waals surface area contributed by atoms with Crippen LogP contribution in [0.5, 0.6) is 5.75 Å². The number of aliphatic carboxylic acids is 1. The molecule has 2 unspecified atom stereocenters.